The van der Waals surface area contributed by atoms with Gasteiger partial charge in [0.1, 0.15) is 5.60 Å². The van der Waals surface area contributed by atoms with Gasteiger partial charge in [-0.25, -0.2) is 0 Å². The Balaban J connectivity index is 3.74. The first-order valence-corrected chi connectivity index (χ1v) is 2.93. The van der Waals surface area contributed by atoms with E-state index in [0.29, 0.717) is 0 Å². The van der Waals surface area contributed by atoms with E-state index in [9.17, 15) is 10.1 Å². The van der Waals surface area contributed by atoms with E-state index >= 15 is 0 Å². The number of aliphatic hydroxyl groups excluding tert-OH is 1. The highest BCUT2D eigenvalue weighted by Gasteiger charge is 2.25. The summed E-state index contributed by atoms with van der Waals surface area (Å²) < 4.78 is 0. The molecule has 0 fully saturated rings. The predicted octanol–water partition coefficient (Wildman–Crippen LogP) is -0.603. The molecule has 0 aromatic rings. The molecule has 1 unspecified atom stereocenters. The minimum absolute atomic E-state index is 0.0357. The third kappa shape index (κ3) is 4.22. The Kier molecular flexibility index (Phi) is 3.24. The number of aliphatic hydroxyl groups is 2. The summed E-state index contributed by atoms with van der Waals surface area (Å²) in [6.45, 7) is 0.570. The summed E-state index contributed by atoms with van der Waals surface area (Å²) >= 11 is 0. The molecule has 0 aliphatic carbocycles. The van der Waals surface area contributed by atoms with E-state index < -0.39 is 17.1 Å². The maximum absolute atomic E-state index is 9.85. The van der Waals surface area contributed by atoms with E-state index in [2.05, 4.69) is 0 Å². The molecule has 0 aromatic carbocycles. The highest BCUT2D eigenvalue weighted by molar-refractivity contribution is 4.69. The standard InChI is InChI=1S/C5H11NO4/c1-5(8,2-3-7)4-6(9)10/h7-8H,2-4H2,1H3. The van der Waals surface area contributed by atoms with Gasteiger partial charge in [0.15, 0.2) is 0 Å². The van der Waals surface area contributed by atoms with Crippen molar-refractivity contribution in [2.75, 3.05) is 13.2 Å². The van der Waals surface area contributed by atoms with Gasteiger partial charge in [-0.2, -0.15) is 0 Å². The first kappa shape index (κ1) is 9.32. The molecule has 0 radical (unpaired) electrons. The Labute approximate surface area is 58.4 Å². The van der Waals surface area contributed by atoms with Gasteiger partial charge in [-0.05, 0) is 6.92 Å². The van der Waals surface area contributed by atoms with Gasteiger partial charge in [-0.3, -0.25) is 10.1 Å². The summed E-state index contributed by atoms with van der Waals surface area (Å²) in [6, 6.07) is 0. The van der Waals surface area contributed by atoms with Gasteiger partial charge in [0.05, 0.1) is 0 Å². The van der Waals surface area contributed by atoms with Crippen LogP contribution in [0.15, 0.2) is 0 Å². The van der Waals surface area contributed by atoms with E-state index in [1.807, 2.05) is 0 Å². The fourth-order valence-corrected chi connectivity index (χ4v) is 0.598. The molecule has 0 heterocycles. The molecule has 0 spiro atoms. The van der Waals surface area contributed by atoms with Gasteiger partial charge in [0, 0.05) is 18.0 Å². The maximum Gasteiger partial charge on any atom is 0.231 e. The van der Waals surface area contributed by atoms with Crippen molar-refractivity contribution in [3.8, 4) is 0 Å². The van der Waals surface area contributed by atoms with E-state index in [1.165, 1.54) is 6.92 Å². The first-order valence-electron chi connectivity index (χ1n) is 2.93. The third-order valence-corrected chi connectivity index (χ3v) is 1.12. The Morgan fingerprint density at radius 2 is 2.20 bits per heavy atom. The Morgan fingerprint density at radius 3 is 2.50 bits per heavy atom. The van der Waals surface area contributed by atoms with Crippen molar-refractivity contribution in [1.82, 2.24) is 0 Å². The van der Waals surface area contributed by atoms with Gasteiger partial charge < -0.3 is 10.2 Å². The van der Waals surface area contributed by atoms with Crippen LogP contribution in [0.3, 0.4) is 0 Å². The summed E-state index contributed by atoms with van der Waals surface area (Å²) in [7, 11) is 0. The second kappa shape index (κ2) is 3.48. The van der Waals surface area contributed by atoms with E-state index in [4.69, 9.17) is 10.2 Å². The zero-order chi connectivity index (χ0) is 8.20. The van der Waals surface area contributed by atoms with E-state index in [-0.39, 0.29) is 13.0 Å². The molecule has 0 amide bonds. The average molecular weight is 149 g/mol. The van der Waals surface area contributed by atoms with Crippen LogP contribution in [0, 0.1) is 10.1 Å². The highest BCUT2D eigenvalue weighted by Crippen LogP contribution is 2.07. The summed E-state index contributed by atoms with van der Waals surface area (Å²) in [4.78, 5) is 9.25. The highest BCUT2D eigenvalue weighted by atomic mass is 16.6. The number of rotatable bonds is 4. The average Bonchev–Trinajstić information content (AvgIpc) is 1.59. The second-order valence-electron chi connectivity index (χ2n) is 2.46. The van der Waals surface area contributed by atoms with Gasteiger partial charge in [0.2, 0.25) is 6.54 Å². The van der Waals surface area contributed by atoms with Gasteiger partial charge in [-0.1, -0.05) is 0 Å². The van der Waals surface area contributed by atoms with Crippen LogP contribution in [-0.2, 0) is 0 Å². The molecule has 10 heavy (non-hydrogen) atoms. The molecule has 0 rings (SSSR count). The smallest absolute Gasteiger partial charge is 0.231 e. The monoisotopic (exact) mass is 149 g/mol. The van der Waals surface area contributed by atoms with Crippen LogP contribution < -0.4 is 0 Å². The van der Waals surface area contributed by atoms with Crippen LogP contribution in [0.1, 0.15) is 13.3 Å². The summed E-state index contributed by atoms with van der Waals surface area (Å²) in [6.07, 6.45) is 0.0357. The number of nitro groups is 1. The molecule has 0 saturated heterocycles. The lowest BCUT2D eigenvalue weighted by Gasteiger charge is -2.15. The van der Waals surface area contributed by atoms with Crippen LogP contribution in [-0.4, -0.2) is 33.9 Å². The van der Waals surface area contributed by atoms with Crippen molar-refractivity contribution in [3.05, 3.63) is 10.1 Å². The van der Waals surface area contributed by atoms with E-state index in [1.54, 1.807) is 0 Å². The van der Waals surface area contributed by atoms with Crippen molar-refractivity contribution in [1.29, 1.82) is 0 Å². The molecule has 2 N–H and O–H groups in total. The fraction of sp³-hybridized carbons (Fsp3) is 1.00. The number of hydrogen-bond donors (Lipinski definition) is 2. The molecule has 0 bridgehead atoms. The SMILES string of the molecule is CC(O)(CCO)C[N+](=O)[O-]. The molecular weight excluding hydrogens is 138 g/mol. The second-order valence-corrected chi connectivity index (χ2v) is 2.46. The lowest BCUT2D eigenvalue weighted by atomic mass is 10.0. The summed E-state index contributed by atoms with van der Waals surface area (Å²) in [5, 5.41) is 27.3. The van der Waals surface area contributed by atoms with Crippen LogP contribution in [0.4, 0.5) is 0 Å². The quantitative estimate of drug-likeness (QED) is 0.413. The molecule has 5 heteroatoms. The summed E-state index contributed by atoms with van der Waals surface area (Å²) in [5.74, 6) is 0. The van der Waals surface area contributed by atoms with Crippen molar-refractivity contribution < 1.29 is 15.1 Å². The minimum atomic E-state index is -1.38. The zero-order valence-corrected chi connectivity index (χ0v) is 5.78. The normalized spacial score (nSPS) is 16.3. The van der Waals surface area contributed by atoms with Gasteiger partial charge >= 0.3 is 0 Å². The third-order valence-electron chi connectivity index (χ3n) is 1.12. The van der Waals surface area contributed by atoms with Crippen molar-refractivity contribution >= 4 is 0 Å². The van der Waals surface area contributed by atoms with Gasteiger partial charge in [-0.15, -0.1) is 0 Å². The van der Waals surface area contributed by atoms with Crippen LogP contribution in [0.5, 0.6) is 0 Å². The van der Waals surface area contributed by atoms with Crippen LogP contribution >= 0.6 is 0 Å². The lowest BCUT2D eigenvalue weighted by Crippen LogP contribution is -2.34. The zero-order valence-electron chi connectivity index (χ0n) is 5.78. The Bertz CT molecular complexity index is 123. The van der Waals surface area contributed by atoms with Gasteiger partial charge in [0.25, 0.3) is 0 Å². The molecule has 5 nitrogen and oxygen atoms in total. The maximum atomic E-state index is 9.85. The van der Waals surface area contributed by atoms with E-state index in [0.717, 1.165) is 0 Å². The predicted molar refractivity (Wildman–Crippen MR) is 34.2 cm³/mol. The number of hydrogen-bond acceptors (Lipinski definition) is 4. The molecule has 0 aliphatic heterocycles. The molecule has 0 aliphatic rings. The molecular formula is C5H11NO4. The largest absolute Gasteiger partial charge is 0.396 e. The topological polar surface area (TPSA) is 83.6 Å². The first-order chi connectivity index (χ1) is 4.48. The Morgan fingerprint density at radius 1 is 1.70 bits per heavy atom. The number of nitrogens with zero attached hydrogens (tertiary/aromatic N) is 1. The van der Waals surface area contributed by atoms with Crippen molar-refractivity contribution in [2.45, 2.75) is 18.9 Å². The van der Waals surface area contributed by atoms with Crippen LogP contribution in [0.25, 0.3) is 0 Å². The molecule has 0 saturated carbocycles. The van der Waals surface area contributed by atoms with Crippen LogP contribution in [0.2, 0.25) is 0 Å². The Hall–Kier alpha value is -0.680. The fourth-order valence-electron chi connectivity index (χ4n) is 0.598. The molecule has 1 atom stereocenters. The minimum Gasteiger partial charge on any atom is -0.396 e. The van der Waals surface area contributed by atoms with Crippen molar-refractivity contribution in [3.63, 3.8) is 0 Å². The molecule has 0 aromatic heterocycles. The van der Waals surface area contributed by atoms with Crippen molar-refractivity contribution in [2.24, 2.45) is 0 Å². The molecule has 60 valence electrons. The lowest BCUT2D eigenvalue weighted by molar-refractivity contribution is -0.500. The summed E-state index contributed by atoms with van der Waals surface area (Å²) in [5.41, 5.74) is -1.38.